The average Bonchev–Trinajstić information content (AvgIpc) is 2.98. The van der Waals surface area contributed by atoms with Gasteiger partial charge >= 0.3 is 5.51 Å². The first-order valence-electron chi connectivity index (χ1n) is 7.16. The molecule has 0 spiro atoms. The number of halogens is 4. The van der Waals surface area contributed by atoms with Crippen LogP contribution in [0.25, 0.3) is 0 Å². The van der Waals surface area contributed by atoms with Crippen LogP contribution in [0.4, 0.5) is 23.2 Å². The molecule has 1 aliphatic rings. The number of aliphatic hydroxyl groups excluding tert-OH is 1. The van der Waals surface area contributed by atoms with Crippen LogP contribution in [0.2, 0.25) is 0 Å². The summed E-state index contributed by atoms with van der Waals surface area (Å²) in [6.07, 6.45) is 2.79. The van der Waals surface area contributed by atoms with Crippen molar-refractivity contribution in [3.8, 4) is 0 Å². The molecule has 9 heteroatoms. The van der Waals surface area contributed by atoms with Crippen LogP contribution in [0.15, 0.2) is 23.1 Å². The normalized spacial score (nSPS) is 18.1. The van der Waals surface area contributed by atoms with Crippen molar-refractivity contribution in [3.63, 3.8) is 0 Å². The molecule has 0 aromatic heterocycles. The second kappa shape index (κ2) is 6.64. The number of benzene rings is 1. The topological polar surface area (TPSA) is 66.4 Å². The highest BCUT2D eigenvalue weighted by Gasteiger charge is 2.48. The molecule has 0 aliphatic heterocycles. The zero-order valence-electron chi connectivity index (χ0n) is 12.1. The number of rotatable bonds is 5. The van der Waals surface area contributed by atoms with Gasteiger partial charge in [0.15, 0.2) is 0 Å². The number of nitrogens with one attached hydrogen (secondary N) is 1. The summed E-state index contributed by atoms with van der Waals surface area (Å²) in [7, 11) is -5.68. The van der Waals surface area contributed by atoms with E-state index < -0.39 is 32.2 Å². The molecule has 1 aliphatic carbocycles. The number of hydrogen-bond donors (Lipinski definition) is 2. The second-order valence-corrected chi connectivity index (χ2v) is 7.49. The maximum absolute atomic E-state index is 13.2. The molecule has 0 amide bonds. The van der Waals surface area contributed by atoms with Gasteiger partial charge in [-0.2, -0.15) is 13.2 Å². The van der Waals surface area contributed by atoms with E-state index in [2.05, 4.69) is 5.32 Å². The summed E-state index contributed by atoms with van der Waals surface area (Å²) in [6, 6.07) is 2.11. The minimum Gasteiger partial charge on any atom is -0.391 e. The van der Waals surface area contributed by atoms with Gasteiger partial charge in [-0.3, -0.25) is 0 Å². The van der Waals surface area contributed by atoms with Gasteiger partial charge in [-0.25, -0.2) is 12.8 Å². The standard InChI is InChI=1S/C14H17F4NO3S/c15-10-5-6-11(13(7-10)23(21,22)14(16,17)18)19-8-12(20)9-3-1-2-4-9/h5-7,9,12,19-20H,1-4,8H2. The summed E-state index contributed by atoms with van der Waals surface area (Å²) in [5.74, 6) is -1.06. The van der Waals surface area contributed by atoms with Crippen LogP contribution in [-0.4, -0.2) is 31.7 Å². The summed E-state index contributed by atoms with van der Waals surface area (Å²) >= 11 is 0. The Morgan fingerprint density at radius 1 is 1.26 bits per heavy atom. The molecular weight excluding hydrogens is 338 g/mol. The van der Waals surface area contributed by atoms with Gasteiger partial charge in [-0.1, -0.05) is 12.8 Å². The lowest BCUT2D eigenvalue weighted by Gasteiger charge is -2.20. The monoisotopic (exact) mass is 355 g/mol. The Morgan fingerprint density at radius 2 is 1.87 bits per heavy atom. The van der Waals surface area contributed by atoms with Crippen LogP contribution in [-0.2, 0) is 9.84 Å². The molecule has 1 fully saturated rings. The van der Waals surface area contributed by atoms with Crippen LogP contribution in [0.3, 0.4) is 0 Å². The van der Waals surface area contributed by atoms with E-state index in [0.29, 0.717) is 6.07 Å². The highest BCUT2D eigenvalue weighted by Crippen LogP contribution is 2.35. The summed E-state index contributed by atoms with van der Waals surface area (Å²) in [5, 5.41) is 12.5. The molecule has 1 aromatic carbocycles. The third-order valence-corrected chi connectivity index (χ3v) is 5.51. The van der Waals surface area contributed by atoms with Gasteiger partial charge < -0.3 is 10.4 Å². The molecule has 1 atom stereocenters. The molecule has 1 unspecified atom stereocenters. The fourth-order valence-corrected chi connectivity index (χ4v) is 3.66. The fraction of sp³-hybridized carbons (Fsp3) is 0.571. The fourth-order valence-electron chi connectivity index (χ4n) is 2.71. The van der Waals surface area contributed by atoms with Crippen molar-refractivity contribution < 1.29 is 31.1 Å². The third kappa shape index (κ3) is 3.95. The average molecular weight is 355 g/mol. The van der Waals surface area contributed by atoms with E-state index in [0.717, 1.165) is 37.8 Å². The summed E-state index contributed by atoms with van der Waals surface area (Å²) < 4.78 is 74.3. The molecule has 1 aromatic rings. The molecule has 0 bridgehead atoms. The predicted octanol–water partition coefficient (Wildman–Crippen LogP) is 3.08. The molecule has 0 heterocycles. The van der Waals surface area contributed by atoms with Crippen molar-refractivity contribution in [2.45, 2.75) is 42.2 Å². The lowest BCUT2D eigenvalue weighted by Crippen LogP contribution is -2.28. The first-order chi connectivity index (χ1) is 10.6. The van der Waals surface area contributed by atoms with Crippen LogP contribution in [0.5, 0.6) is 0 Å². The zero-order chi connectivity index (χ0) is 17.3. The van der Waals surface area contributed by atoms with Gasteiger partial charge in [0.1, 0.15) is 10.7 Å². The van der Waals surface area contributed by atoms with Gasteiger partial charge in [-0.15, -0.1) is 0 Å². The lowest BCUT2D eigenvalue weighted by molar-refractivity contribution is -0.0435. The van der Waals surface area contributed by atoms with Crippen LogP contribution >= 0.6 is 0 Å². The second-order valence-electron chi connectivity index (χ2n) is 5.58. The molecule has 2 N–H and O–H groups in total. The molecule has 0 saturated heterocycles. The number of aliphatic hydroxyl groups is 1. The quantitative estimate of drug-likeness (QED) is 0.797. The Morgan fingerprint density at radius 3 is 2.43 bits per heavy atom. The molecule has 130 valence electrons. The summed E-state index contributed by atoms with van der Waals surface area (Å²) in [5.41, 5.74) is -5.90. The Kier molecular flexibility index (Phi) is 5.20. The summed E-state index contributed by atoms with van der Waals surface area (Å²) in [4.78, 5) is -1.18. The van der Waals surface area contributed by atoms with Crippen molar-refractivity contribution in [2.75, 3.05) is 11.9 Å². The van der Waals surface area contributed by atoms with E-state index in [4.69, 9.17) is 0 Å². The van der Waals surface area contributed by atoms with E-state index in [-0.39, 0.29) is 18.2 Å². The van der Waals surface area contributed by atoms with Crippen molar-refractivity contribution in [1.82, 2.24) is 0 Å². The van der Waals surface area contributed by atoms with Gasteiger partial charge in [0, 0.05) is 6.54 Å². The molecular formula is C14H17F4NO3S. The number of sulfone groups is 1. The lowest BCUT2D eigenvalue weighted by atomic mass is 10.0. The minimum absolute atomic E-state index is 0.0330. The van der Waals surface area contributed by atoms with Crippen LogP contribution in [0, 0.1) is 11.7 Å². The van der Waals surface area contributed by atoms with Gasteiger partial charge in [-0.05, 0) is 37.0 Å². The Balaban J connectivity index is 2.22. The van der Waals surface area contributed by atoms with Crippen LogP contribution in [0.1, 0.15) is 25.7 Å². The van der Waals surface area contributed by atoms with Crippen molar-refractivity contribution in [2.24, 2.45) is 5.92 Å². The molecule has 2 rings (SSSR count). The van der Waals surface area contributed by atoms with Crippen molar-refractivity contribution in [1.29, 1.82) is 0 Å². The van der Waals surface area contributed by atoms with Crippen molar-refractivity contribution in [3.05, 3.63) is 24.0 Å². The SMILES string of the molecule is O=S(=O)(c1cc(F)ccc1NCC(O)C1CCCC1)C(F)(F)F. The van der Waals surface area contributed by atoms with E-state index in [9.17, 15) is 31.1 Å². The van der Waals surface area contributed by atoms with E-state index in [1.165, 1.54) is 0 Å². The molecule has 0 radical (unpaired) electrons. The van der Waals surface area contributed by atoms with Gasteiger partial charge in [0.05, 0.1) is 11.8 Å². The Hall–Kier alpha value is -1.35. The number of alkyl halides is 3. The molecule has 1 saturated carbocycles. The zero-order valence-corrected chi connectivity index (χ0v) is 12.9. The predicted molar refractivity (Wildman–Crippen MR) is 76.1 cm³/mol. The van der Waals surface area contributed by atoms with E-state index in [1.54, 1.807) is 0 Å². The van der Waals surface area contributed by atoms with E-state index in [1.807, 2.05) is 0 Å². The largest absolute Gasteiger partial charge is 0.501 e. The van der Waals surface area contributed by atoms with Gasteiger partial charge in [0.25, 0.3) is 9.84 Å². The third-order valence-electron chi connectivity index (χ3n) is 3.98. The Bertz CT molecular complexity index is 654. The number of hydrogen-bond acceptors (Lipinski definition) is 4. The first kappa shape index (κ1) is 18.0. The maximum Gasteiger partial charge on any atom is 0.501 e. The Labute approximate surface area is 131 Å². The van der Waals surface area contributed by atoms with Crippen molar-refractivity contribution >= 4 is 15.5 Å². The molecule has 23 heavy (non-hydrogen) atoms. The molecule has 4 nitrogen and oxygen atoms in total. The smallest absolute Gasteiger partial charge is 0.391 e. The van der Waals surface area contributed by atoms with Crippen LogP contribution < -0.4 is 5.32 Å². The maximum atomic E-state index is 13.2. The minimum atomic E-state index is -5.68. The van der Waals surface area contributed by atoms with Gasteiger partial charge in [0.2, 0.25) is 0 Å². The first-order valence-corrected chi connectivity index (χ1v) is 8.64. The highest BCUT2D eigenvalue weighted by molar-refractivity contribution is 7.92. The van der Waals surface area contributed by atoms with E-state index >= 15 is 0 Å². The summed E-state index contributed by atoms with van der Waals surface area (Å²) in [6.45, 7) is -0.101. The number of anilines is 1. The highest BCUT2D eigenvalue weighted by atomic mass is 32.2.